The number of aryl methyl sites for hydroxylation is 2. The highest BCUT2D eigenvalue weighted by Crippen LogP contribution is 2.11. The van der Waals surface area contributed by atoms with Gasteiger partial charge in [0.25, 0.3) is 0 Å². The number of nitrogens with one attached hydrogen (secondary N) is 1. The van der Waals surface area contributed by atoms with Gasteiger partial charge in [0, 0.05) is 12.4 Å². The Bertz CT molecular complexity index is 200. The average Bonchev–Trinajstić information content (AvgIpc) is 2.47. The summed E-state index contributed by atoms with van der Waals surface area (Å²) in [5, 5.41) is 0. The first kappa shape index (κ1) is 8.38. The first-order valence-electron chi connectivity index (χ1n) is 4.53. The van der Waals surface area contributed by atoms with Crippen molar-refractivity contribution in [2.75, 3.05) is 0 Å². The lowest BCUT2D eigenvalue weighted by molar-refractivity contribution is 0.789. The van der Waals surface area contributed by atoms with Crippen LogP contribution in [0.5, 0.6) is 0 Å². The Morgan fingerprint density at radius 3 is 2.55 bits per heavy atom. The van der Waals surface area contributed by atoms with Gasteiger partial charge in [-0.25, -0.2) is 0 Å². The minimum absolute atomic E-state index is 1.16. The molecule has 0 aliphatic rings. The molecule has 0 aliphatic carbocycles. The van der Waals surface area contributed by atoms with Crippen LogP contribution in [-0.2, 0) is 12.8 Å². The molecule has 1 aromatic heterocycles. The standard InChI is InChI=1S/C10H17N/c1-3-5-6-10-8-11-7-9(10)4-2/h7-8,11H,3-6H2,1-2H3. The van der Waals surface area contributed by atoms with E-state index < -0.39 is 0 Å². The first-order valence-corrected chi connectivity index (χ1v) is 4.53. The number of aromatic nitrogens is 1. The van der Waals surface area contributed by atoms with E-state index in [0.29, 0.717) is 0 Å². The number of aromatic amines is 1. The van der Waals surface area contributed by atoms with E-state index in [0.717, 1.165) is 6.42 Å². The van der Waals surface area contributed by atoms with E-state index in [1.54, 1.807) is 0 Å². The van der Waals surface area contributed by atoms with Crippen LogP contribution >= 0.6 is 0 Å². The van der Waals surface area contributed by atoms with Crippen LogP contribution in [-0.4, -0.2) is 4.98 Å². The minimum atomic E-state index is 1.16. The van der Waals surface area contributed by atoms with Crippen LogP contribution in [0, 0.1) is 0 Å². The molecular weight excluding hydrogens is 134 g/mol. The van der Waals surface area contributed by atoms with Crippen LogP contribution in [0.1, 0.15) is 37.8 Å². The molecule has 1 nitrogen and oxygen atoms in total. The molecule has 62 valence electrons. The summed E-state index contributed by atoms with van der Waals surface area (Å²) < 4.78 is 0. The van der Waals surface area contributed by atoms with E-state index in [1.165, 1.54) is 30.4 Å². The fourth-order valence-electron chi connectivity index (χ4n) is 1.36. The van der Waals surface area contributed by atoms with E-state index in [2.05, 4.69) is 31.2 Å². The van der Waals surface area contributed by atoms with E-state index in [4.69, 9.17) is 0 Å². The van der Waals surface area contributed by atoms with Gasteiger partial charge in [0.1, 0.15) is 0 Å². The minimum Gasteiger partial charge on any atom is -0.367 e. The zero-order valence-corrected chi connectivity index (χ0v) is 7.48. The Balaban J connectivity index is 2.54. The number of rotatable bonds is 4. The van der Waals surface area contributed by atoms with E-state index >= 15 is 0 Å². The normalized spacial score (nSPS) is 10.4. The van der Waals surface area contributed by atoms with E-state index in [-0.39, 0.29) is 0 Å². The van der Waals surface area contributed by atoms with Gasteiger partial charge in [-0.15, -0.1) is 0 Å². The zero-order chi connectivity index (χ0) is 8.10. The summed E-state index contributed by atoms with van der Waals surface area (Å²) in [7, 11) is 0. The van der Waals surface area contributed by atoms with Crippen LogP contribution in [0.2, 0.25) is 0 Å². The molecule has 0 aromatic carbocycles. The Hall–Kier alpha value is -0.720. The van der Waals surface area contributed by atoms with Crippen molar-refractivity contribution in [1.29, 1.82) is 0 Å². The summed E-state index contributed by atoms with van der Waals surface area (Å²) in [4.78, 5) is 3.16. The van der Waals surface area contributed by atoms with E-state index in [1.807, 2.05) is 0 Å². The maximum atomic E-state index is 3.16. The topological polar surface area (TPSA) is 15.8 Å². The molecule has 0 atom stereocenters. The molecule has 0 fully saturated rings. The monoisotopic (exact) mass is 151 g/mol. The first-order chi connectivity index (χ1) is 5.38. The van der Waals surface area contributed by atoms with Crippen LogP contribution in [0.3, 0.4) is 0 Å². The summed E-state index contributed by atoms with van der Waals surface area (Å²) >= 11 is 0. The van der Waals surface area contributed by atoms with Gasteiger partial charge >= 0.3 is 0 Å². The molecule has 0 saturated heterocycles. The number of hydrogen-bond acceptors (Lipinski definition) is 0. The largest absolute Gasteiger partial charge is 0.367 e. The molecule has 0 aliphatic heterocycles. The predicted octanol–water partition coefficient (Wildman–Crippen LogP) is 2.92. The fourth-order valence-corrected chi connectivity index (χ4v) is 1.36. The summed E-state index contributed by atoms with van der Waals surface area (Å²) in [6.45, 7) is 4.44. The second kappa shape index (κ2) is 4.22. The lowest BCUT2D eigenvalue weighted by Gasteiger charge is -1.98. The summed E-state index contributed by atoms with van der Waals surface area (Å²) in [5.41, 5.74) is 2.99. The molecule has 11 heavy (non-hydrogen) atoms. The van der Waals surface area contributed by atoms with Gasteiger partial charge in [-0.2, -0.15) is 0 Å². The Labute approximate surface area is 68.8 Å². The molecule has 1 heteroatoms. The lowest BCUT2D eigenvalue weighted by Crippen LogP contribution is -1.86. The highest BCUT2D eigenvalue weighted by Gasteiger charge is 1.99. The Morgan fingerprint density at radius 1 is 1.18 bits per heavy atom. The molecule has 0 spiro atoms. The summed E-state index contributed by atoms with van der Waals surface area (Å²) in [6.07, 6.45) is 9.24. The molecule has 1 aromatic rings. The molecule has 1 N–H and O–H groups in total. The van der Waals surface area contributed by atoms with Crippen molar-refractivity contribution in [3.8, 4) is 0 Å². The Morgan fingerprint density at radius 2 is 1.91 bits per heavy atom. The molecule has 0 radical (unpaired) electrons. The summed E-state index contributed by atoms with van der Waals surface area (Å²) in [6, 6.07) is 0. The third-order valence-corrected chi connectivity index (χ3v) is 2.11. The highest BCUT2D eigenvalue weighted by atomic mass is 14.6. The van der Waals surface area contributed by atoms with Gasteiger partial charge in [-0.3, -0.25) is 0 Å². The second-order valence-electron chi connectivity index (χ2n) is 2.96. The number of unbranched alkanes of at least 4 members (excludes halogenated alkanes) is 1. The second-order valence-corrected chi connectivity index (χ2v) is 2.96. The Kier molecular flexibility index (Phi) is 3.21. The number of hydrogen-bond donors (Lipinski definition) is 1. The van der Waals surface area contributed by atoms with Crippen molar-refractivity contribution >= 4 is 0 Å². The van der Waals surface area contributed by atoms with Gasteiger partial charge < -0.3 is 4.98 Å². The van der Waals surface area contributed by atoms with E-state index in [9.17, 15) is 0 Å². The van der Waals surface area contributed by atoms with Crippen molar-refractivity contribution in [1.82, 2.24) is 4.98 Å². The lowest BCUT2D eigenvalue weighted by atomic mass is 10.1. The average molecular weight is 151 g/mol. The third-order valence-electron chi connectivity index (χ3n) is 2.11. The maximum Gasteiger partial charge on any atom is 0.00401 e. The van der Waals surface area contributed by atoms with Gasteiger partial charge in [0.15, 0.2) is 0 Å². The smallest absolute Gasteiger partial charge is 0.00401 e. The third kappa shape index (κ3) is 2.11. The van der Waals surface area contributed by atoms with Crippen LogP contribution in [0.15, 0.2) is 12.4 Å². The van der Waals surface area contributed by atoms with Crippen LogP contribution in [0.4, 0.5) is 0 Å². The summed E-state index contributed by atoms with van der Waals surface area (Å²) in [5.74, 6) is 0. The van der Waals surface area contributed by atoms with Gasteiger partial charge in [0.05, 0.1) is 0 Å². The van der Waals surface area contributed by atoms with Crippen molar-refractivity contribution in [3.63, 3.8) is 0 Å². The predicted molar refractivity (Wildman–Crippen MR) is 48.8 cm³/mol. The van der Waals surface area contributed by atoms with Crippen molar-refractivity contribution in [2.24, 2.45) is 0 Å². The maximum absolute atomic E-state index is 3.16. The highest BCUT2D eigenvalue weighted by molar-refractivity contribution is 5.22. The van der Waals surface area contributed by atoms with Crippen LogP contribution in [0.25, 0.3) is 0 Å². The van der Waals surface area contributed by atoms with Crippen LogP contribution < -0.4 is 0 Å². The van der Waals surface area contributed by atoms with Gasteiger partial charge in [0.2, 0.25) is 0 Å². The molecular formula is C10H17N. The fraction of sp³-hybridized carbons (Fsp3) is 0.600. The SMILES string of the molecule is CCCCc1c[nH]cc1CC. The molecule has 0 saturated carbocycles. The van der Waals surface area contributed by atoms with Crippen molar-refractivity contribution in [2.45, 2.75) is 39.5 Å². The zero-order valence-electron chi connectivity index (χ0n) is 7.48. The molecule has 1 rings (SSSR count). The molecule has 0 unspecified atom stereocenters. The number of H-pyrrole nitrogens is 1. The quantitative estimate of drug-likeness (QED) is 0.681. The van der Waals surface area contributed by atoms with Crippen molar-refractivity contribution < 1.29 is 0 Å². The van der Waals surface area contributed by atoms with Gasteiger partial charge in [-0.05, 0) is 30.4 Å². The van der Waals surface area contributed by atoms with Crippen molar-refractivity contribution in [3.05, 3.63) is 23.5 Å². The van der Waals surface area contributed by atoms with Gasteiger partial charge in [-0.1, -0.05) is 20.3 Å². The molecule has 1 heterocycles. The molecule has 0 amide bonds. The molecule has 0 bridgehead atoms.